The van der Waals surface area contributed by atoms with Crippen molar-refractivity contribution in [2.45, 2.75) is 0 Å². The van der Waals surface area contributed by atoms with Gasteiger partial charge in [0.1, 0.15) is 11.6 Å². The van der Waals surface area contributed by atoms with E-state index in [4.69, 9.17) is 0 Å². The van der Waals surface area contributed by atoms with Gasteiger partial charge >= 0.3 is 0 Å². The summed E-state index contributed by atoms with van der Waals surface area (Å²) in [5.41, 5.74) is 1.23. The molecule has 0 fully saturated rings. The van der Waals surface area contributed by atoms with Gasteiger partial charge in [0.25, 0.3) is 0 Å². The largest absolute Gasteiger partial charge is 0.507 e. The Morgan fingerprint density at radius 1 is 1.12 bits per heavy atom. The second kappa shape index (κ2) is 5.10. The van der Waals surface area contributed by atoms with Crippen molar-refractivity contribution in [1.29, 1.82) is 0 Å². The molecule has 0 saturated carbocycles. The molecule has 0 saturated heterocycles. The van der Waals surface area contributed by atoms with Gasteiger partial charge in [-0.25, -0.2) is 4.39 Å². The fraction of sp³-hybridized carbons (Fsp3) is 0. The zero-order chi connectivity index (χ0) is 12.3. The van der Waals surface area contributed by atoms with Crippen LogP contribution in [0, 0.1) is 5.82 Å². The minimum atomic E-state index is -0.297. The standard InChI is InChI=1S/C13H9BrFNO/c14-10-1-6-13(17)9(7-10)8-16-12-4-2-11(15)3-5-12/h1-8,17H. The number of aromatic hydroxyl groups is 1. The number of benzene rings is 2. The molecule has 1 N–H and O–H groups in total. The van der Waals surface area contributed by atoms with E-state index in [0.29, 0.717) is 11.3 Å². The summed E-state index contributed by atoms with van der Waals surface area (Å²) >= 11 is 3.31. The predicted octanol–water partition coefficient (Wildman–Crippen LogP) is 4.04. The van der Waals surface area contributed by atoms with Gasteiger partial charge in [-0.2, -0.15) is 0 Å². The van der Waals surface area contributed by atoms with E-state index >= 15 is 0 Å². The first-order valence-electron chi connectivity index (χ1n) is 4.93. The number of rotatable bonds is 2. The average molecular weight is 294 g/mol. The lowest BCUT2D eigenvalue weighted by Gasteiger charge is -1.99. The molecule has 0 spiro atoms. The van der Waals surface area contributed by atoms with Crippen LogP contribution in [0.5, 0.6) is 5.75 Å². The summed E-state index contributed by atoms with van der Waals surface area (Å²) in [5.74, 6) is -0.145. The van der Waals surface area contributed by atoms with E-state index in [0.717, 1.165) is 4.47 Å². The summed E-state index contributed by atoms with van der Waals surface area (Å²) in [6, 6.07) is 10.9. The van der Waals surface area contributed by atoms with Crippen molar-refractivity contribution in [3.63, 3.8) is 0 Å². The summed E-state index contributed by atoms with van der Waals surface area (Å²) in [4.78, 5) is 4.15. The van der Waals surface area contributed by atoms with E-state index in [1.54, 1.807) is 30.3 Å². The molecule has 0 heterocycles. The topological polar surface area (TPSA) is 32.6 Å². The van der Waals surface area contributed by atoms with Crippen molar-refractivity contribution in [3.05, 3.63) is 58.3 Å². The van der Waals surface area contributed by atoms with Crippen LogP contribution in [-0.2, 0) is 0 Å². The van der Waals surface area contributed by atoms with Gasteiger partial charge in [-0.05, 0) is 42.5 Å². The Bertz CT molecular complexity index is 552. The smallest absolute Gasteiger partial charge is 0.124 e. The molecule has 2 nitrogen and oxygen atoms in total. The van der Waals surface area contributed by atoms with Crippen LogP contribution in [0.3, 0.4) is 0 Å². The minimum Gasteiger partial charge on any atom is -0.507 e. The molecule has 2 rings (SSSR count). The molecule has 0 bridgehead atoms. The SMILES string of the molecule is Oc1ccc(Br)cc1C=Nc1ccc(F)cc1. The molecule has 2 aromatic rings. The van der Waals surface area contributed by atoms with E-state index in [2.05, 4.69) is 20.9 Å². The molecule has 4 heteroatoms. The molecular formula is C13H9BrFNO. The average Bonchev–Trinajstić information content (AvgIpc) is 2.32. The molecule has 0 unspecified atom stereocenters. The molecule has 17 heavy (non-hydrogen) atoms. The van der Waals surface area contributed by atoms with Crippen molar-refractivity contribution in [3.8, 4) is 5.75 Å². The summed E-state index contributed by atoms with van der Waals surface area (Å²) < 4.78 is 13.5. The van der Waals surface area contributed by atoms with Crippen molar-refractivity contribution >= 4 is 27.8 Å². The van der Waals surface area contributed by atoms with Gasteiger partial charge in [-0.15, -0.1) is 0 Å². The summed E-state index contributed by atoms with van der Waals surface area (Å²) in [7, 11) is 0. The first kappa shape index (κ1) is 11.8. The second-order valence-corrected chi connectivity index (χ2v) is 4.35. The zero-order valence-electron chi connectivity index (χ0n) is 8.77. The maximum atomic E-state index is 12.7. The lowest BCUT2D eigenvalue weighted by atomic mass is 10.2. The summed E-state index contributed by atoms with van der Waals surface area (Å²) in [6.07, 6.45) is 1.54. The maximum absolute atomic E-state index is 12.7. The summed E-state index contributed by atoms with van der Waals surface area (Å²) in [5, 5.41) is 9.59. The highest BCUT2D eigenvalue weighted by Gasteiger charge is 1.98. The number of phenolic OH excluding ortho intramolecular Hbond substituents is 1. The van der Waals surface area contributed by atoms with Crippen LogP contribution >= 0.6 is 15.9 Å². The molecule has 0 aliphatic carbocycles. The molecular weight excluding hydrogens is 285 g/mol. The first-order chi connectivity index (χ1) is 8.15. The quantitative estimate of drug-likeness (QED) is 0.833. The zero-order valence-corrected chi connectivity index (χ0v) is 10.4. The van der Waals surface area contributed by atoms with Crippen LogP contribution in [0.1, 0.15) is 5.56 Å². The van der Waals surface area contributed by atoms with Crippen molar-refractivity contribution in [1.82, 2.24) is 0 Å². The van der Waals surface area contributed by atoms with Gasteiger partial charge < -0.3 is 5.11 Å². The number of hydrogen-bond donors (Lipinski definition) is 1. The van der Waals surface area contributed by atoms with Crippen LogP contribution < -0.4 is 0 Å². The van der Waals surface area contributed by atoms with E-state index < -0.39 is 0 Å². The Hall–Kier alpha value is -1.68. The van der Waals surface area contributed by atoms with Crippen molar-refractivity contribution in [2.24, 2.45) is 4.99 Å². The van der Waals surface area contributed by atoms with Crippen LogP contribution in [0.15, 0.2) is 51.9 Å². The Kier molecular flexibility index (Phi) is 3.54. The molecule has 0 aliphatic heterocycles. The van der Waals surface area contributed by atoms with Gasteiger partial charge in [-0.1, -0.05) is 15.9 Å². The molecule has 0 aliphatic rings. The van der Waals surface area contributed by atoms with E-state index in [-0.39, 0.29) is 11.6 Å². The highest BCUT2D eigenvalue weighted by Crippen LogP contribution is 2.21. The summed E-state index contributed by atoms with van der Waals surface area (Å²) in [6.45, 7) is 0. The Labute approximate surface area is 107 Å². The number of hydrogen-bond acceptors (Lipinski definition) is 2. The lowest BCUT2D eigenvalue weighted by Crippen LogP contribution is -1.82. The van der Waals surface area contributed by atoms with Crippen LogP contribution in [0.4, 0.5) is 10.1 Å². The van der Waals surface area contributed by atoms with Gasteiger partial charge in [0.05, 0.1) is 5.69 Å². The number of aliphatic imine (C=N–C) groups is 1. The Morgan fingerprint density at radius 3 is 2.53 bits per heavy atom. The van der Waals surface area contributed by atoms with Crippen LogP contribution in [0.2, 0.25) is 0 Å². The van der Waals surface area contributed by atoms with E-state index in [9.17, 15) is 9.50 Å². The third-order valence-electron chi connectivity index (χ3n) is 2.17. The highest BCUT2D eigenvalue weighted by molar-refractivity contribution is 9.10. The molecule has 0 atom stereocenters. The van der Waals surface area contributed by atoms with Gasteiger partial charge in [-0.3, -0.25) is 4.99 Å². The van der Waals surface area contributed by atoms with Crippen LogP contribution in [-0.4, -0.2) is 11.3 Å². The normalized spacial score (nSPS) is 10.9. The highest BCUT2D eigenvalue weighted by atomic mass is 79.9. The first-order valence-corrected chi connectivity index (χ1v) is 5.72. The number of halogens is 2. The number of nitrogens with zero attached hydrogens (tertiary/aromatic N) is 1. The van der Waals surface area contributed by atoms with Crippen LogP contribution in [0.25, 0.3) is 0 Å². The second-order valence-electron chi connectivity index (χ2n) is 3.44. The molecule has 0 aromatic heterocycles. The molecule has 0 amide bonds. The van der Waals surface area contributed by atoms with Gasteiger partial charge in [0.2, 0.25) is 0 Å². The maximum Gasteiger partial charge on any atom is 0.124 e. The lowest BCUT2D eigenvalue weighted by molar-refractivity contribution is 0.474. The van der Waals surface area contributed by atoms with Gasteiger partial charge in [0, 0.05) is 16.3 Å². The number of phenols is 1. The molecule has 2 aromatic carbocycles. The molecule has 0 radical (unpaired) electrons. The third-order valence-corrected chi connectivity index (χ3v) is 2.66. The third kappa shape index (κ3) is 3.14. The fourth-order valence-electron chi connectivity index (χ4n) is 1.30. The predicted molar refractivity (Wildman–Crippen MR) is 69.5 cm³/mol. The van der Waals surface area contributed by atoms with E-state index in [1.807, 2.05) is 0 Å². The van der Waals surface area contributed by atoms with Crippen molar-refractivity contribution in [2.75, 3.05) is 0 Å². The monoisotopic (exact) mass is 293 g/mol. The van der Waals surface area contributed by atoms with Crippen molar-refractivity contribution < 1.29 is 9.50 Å². The molecule has 86 valence electrons. The fourth-order valence-corrected chi connectivity index (χ4v) is 1.68. The van der Waals surface area contributed by atoms with E-state index in [1.165, 1.54) is 18.3 Å². The minimum absolute atomic E-state index is 0.152. The Morgan fingerprint density at radius 2 is 1.82 bits per heavy atom. The van der Waals surface area contributed by atoms with Gasteiger partial charge in [0.15, 0.2) is 0 Å². The Balaban J connectivity index is 2.25.